The number of aliphatic hydroxyl groups excluding tert-OH is 1. The van der Waals surface area contributed by atoms with E-state index in [0.717, 1.165) is 17.0 Å². The van der Waals surface area contributed by atoms with Gasteiger partial charge in [0.1, 0.15) is 5.82 Å². The standard InChI is InChI=1S/C14H17N3O/c1-9-4-3-5-11(6-9)13-7-10(2)16-14(17-13)12(15)8-18/h3-7,12,18H,8,15H2,1-2H3. The second kappa shape index (κ2) is 5.25. The predicted molar refractivity (Wildman–Crippen MR) is 71.0 cm³/mol. The van der Waals surface area contributed by atoms with Crippen LogP contribution >= 0.6 is 0 Å². The number of benzene rings is 1. The first-order valence-electron chi connectivity index (χ1n) is 5.89. The fraction of sp³-hybridized carbons (Fsp3) is 0.286. The van der Waals surface area contributed by atoms with Gasteiger partial charge >= 0.3 is 0 Å². The number of nitrogens with zero attached hydrogens (tertiary/aromatic N) is 2. The Balaban J connectivity index is 2.48. The molecule has 0 aliphatic rings. The molecule has 94 valence electrons. The summed E-state index contributed by atoms with van der Waals surface area (Å²) in [6.45, 7) is 3.78. The molecule has 1 aromatic heterocycles. The highest BCUT2D eigenvalue weighted by Gasteiger charge is 2.11. The Morgan fingerprint density at radius 3 is 2.67 bits per heavy atom. The van der Waals surface area contributed by atoms with Gasteiger partial charge in [-0.05, 0) is 26.0 Å². The van der Waals surface area contributed by atoms with Crippen LogP contribution < -0.4 is 5.73 Å². The fourth-order valence-electron chi connectivity index (χ4n) is 1.79. The van der Waals surface area contributed by atoms with Crippen LogP contribution in [0.5, 0.6) is 0 Å². The van der Waals surface area contributed by atoms with Crippen molar-refractivity contribution in [1.82, 2.24) is 9.97 Å². The van der Waals surface area contributed by atoms with Gasteiger partial charge in [-0.1, -0.05) is 23.8 Å². The summed E-state index contributed by atoms with van der Waals surface area (Å²) in [5, 5.41) is 9.08. The second-order valence-corrected chi connectivity index (χ2v) is 4.41. The SMILES string of the molecule is Cc1cccc(-c2cc(C)nc(C(N)CO)n2)c1. The molecular weight excluding hydrogens is 226 g/mol. The van der Waals surface area contributed by atoms with Gasteiger partial charge in [-0.15, -0.1) is 0 Å². The maximum Gasteiger partial charge on any atom is 0.148 e. The Hall–Kier alpha value is -1.78. The Kier molecular flexibility index (Phi) is 3.69. The minimum atomic E-state index is -0.534. The number of rotatable bonds is 3. The molecule has 0 radical (unpaired) electrons. The van der Waals surface area contributed by atoms with Crippen molar-refractivity contribution in [2.75, 3.05) is 6.61 Å². The molecule has 0 bridgehead atoms. The van der Waals surface area contributed by atoms with Crippen LogP contribution in [0.3, 0.4) is 0 Å². The van der Waals surface area contributed by atoms with Crippen LogP contribution in [-0.4, -0.2) is 21.7 Å². The lowest BCUT2D eigenvalue weighted by Gasteiger charge is -2.10. The molecule has 1 aromatic carbocycles. The van der Waals surface area contributed by atoms with Gasteiger partial charge in [-0.25, -0.2) is 9.97 Å². The molecule has 0 aliphatic carbocycles. The third kappa shape index (κ3) is 2.72. The molecular formula is C14H17N3O. The summed E-state index contributed by atoms with van der Waals surface area (Å²) in [6.07, 6.45) is 0. The molecule has 4 nitrogen and oxygen atoms in total. The van der Waals surface area contributed by atoms with Crippen molar-refractivity contribution in [1.29, 1.82) is 0 Å². The van der Waals surface area contributed by atoms with E-state index in [9.17, 15) is 0 Å². The minimum absolute atomic E-state index is 0.156. The molecule has 3 N–H and O–H groups in total. The van der Waals surface area contributed by atoms with Gasteiger partial charge in [0.05, 0.1) is 18.3 Å². The molecule has 4 heteroatoms. The van der Waals surface area contributed by atoms with Crippen LogP contribution in [0.4, 0.5) is 0 Å². The third-order valence-corrected chi connectivity index (χ3v) is 2.71. The largest absolute Gasteiger partial charge is 0.394 e. The topological polar surface area (TPSA) is 72.0 Å². The molecule has 18 heavy (non-hydrogen) atoms. The first-order valence-corrected chi connectivity index (χ1v) is 5.89. The molecule has 1 atom stereocenters. The lowest BCUT2D eigenvalue weighted by atomic mass is 10.1. The summed E-state index contributed by atoms with van der Waals surface area (Å²) < 4.78 is 0. The predicted octanol–water partition coefficient (Wildman–Crippen LogP) is 1.75. The summed E-state index contributed by atoms with van der Waals surface area (Å²) in [6, 6.07) is 9.49. The Morgan fingerprint density at radius 2 is 2.00 bits per heavy atom. The van der Waals surface area contributed by atoms with E-state index in [2.05, 4.69) is 16.0 Å². The minimum Gasteiger partial charge on any atom is -0.394 e. The van der Waals surface area contributed by atoms with E-state index in [-0.39, 0.29) is 6.61 Å². The highest BCUT2D eigenvalue weighted by molar-refractivity contribution is 5.60. The van der Waals surface area contributed by atoms with Crippen LogP contribution in [-0.2, 0) is 0 Å². The zero-order valence-corrected chi connectivity index (χ0v) is 10.6. The van der Waals surface area contributed by atoms with Gasteiger partial charge in [-0.3, -0.25) is 0 Å². The van der Waals surface area contributed by atoms with E-state index in [1.54, 1.807) is 0 Å². The lowest BCUT2D eigenvalue weighted by Crippen LogP contribution is -2.18. The summed E-state index contributed by atoms with van der Waals surface area (Å²) in [5.41, 5.74) is 9.66. The quantitative estimate of drug-likeness (QED) is 0.861. The first-order chi connectivity index (χ1) is 8.60. The van der Waals surface area contributed by atoms with E-state index < -0.39 is 6.04 Å². The summed E-state index contributed by atoms with van der Waals surface area (Å²) in [4.78, 5) is 8.68. The van der Waals surface area contributed by atoms with Gasteiger partial charge in [0.25, 0.3) is 0 Å². The van der Waals surface area contributed by atoms with Gasteiger partial charge in [0.15, 0.2) is 0 Å². The third-order valence-electron chi connectivity index (χ3n) is 2.71. The van der Waals surface area contributed by atoms with E-state index in [1.807, 2.05) is 38.1 Å². The van der Waals surface area contributed by atoms with Crippen LogP contribution in [0.1, 0.15) is 23.1 Å². The molecule has 0 fully saturated rings. The van der Waals surface area contributed by atoms with Gasteiger partial charge in [-0.2, -0.15) is 0 Å². The summed E-state index contributed by atoms with van der Waals surface area (Å²) >= 11 is 0. The number of aryl methyl sites for hydroxylation is 2. The van der Waals surface area contributed by atoms with Crippen molar-refractivity contribution >= 4 is 0 Å². The molecule has 0 saturated heterocycles. The number of hydrogen-bond donors (Lipinski definition) is 2. The van der Waals surface area contributed by atoms with Gasteiger partial charge in [0, 0.05) is 11.3 Å². The van der Waals surface area contributed by atoms with Crippen LogP contribution in [0.2, 0.25) is 0 Å². The van der Waals surface area contributed by atoms with Crippen molar-refractivity contribution < 1.29 is 5.11 Å². The Morgan fingerprint density at radius 1 is 1.22 bits per heavy atom. The lowest BCUT2D eigenvalue weighted by molar-refractivity contribution is 0.263. The summed E-state index contributed by atoms with van der Waals surface area (Å²) in [5.74, 6) is 0.481. The molecule has 0 saturated carbocycles. The maximum absolute atomic E-state index is 9.08. The zero-order chi connectivity index (χ0) is 13.1. The number of aromatic nitrogens is 2. The maximum atomic E-state index is 9.08. The second-order valence-electron chi connectivity index (χ2n) is 4.41. The molecule has 1 heterocycles. The van der Waals surface area contributed by atoms with E-state index in [4.69, 9.17) is 10.8 Å². The molecule has 0 aliphatic heterocycles. The van der Waals surface area contributed by atoms with Crippen molar-refractivity contribution in [2.24, 2.45) is 5.73 Å². The molecule has 1 unspecified atom stereocenters. The number of aliphatic hydroxyl groups is 1. The Labute approximate surface area is 107 Å². The van der Waals surface area contributed by atoms with Crippen LogP contribution in [0, 0.1) is 13.8 Å². The van der Waals surface area contributed by atoms with E-state index >= 15 is 0 Å². The molecule has 2 rings (SSSR count). The van der Waals surface area contributed by atoms with Crippen molar-refractivity contribution in [3.05, 3.63) is 47.4 Å². The van der Waals surface area contributed by atoms with Crippen molar-refractivity contribution in [3.63, 3.8) is 0 Å². The fourth-order valence-corrected chi connectivity index (χ4v) is 1.79. The van der Waals surface area contributed by atoms with Crippen LogP contribution in [0.15, 0.2) is 30.3 Å². The van der Waals surface area contributed by atoms with Gasteiger partial charge in [0.2, 0.25) is 0 Å². The van der Waals surface area contributed by atoms with E-state index in [1.165, 1.54) is 5.56 Å². The first kappa shape index (κ1) is 12.7. The average molecular weight is 243 g/mol. The summed E-state index contributed by atoms with van der Waals surface area (Å²) in [7, 11) is 0. The normalized spacial score (nSPS) is 12.4. The molecule has 0 amide bonds. The monoisotopic (exact) mass is 243 g/mol. The highest BCUT2D eigenvalue weighted by atomic mass is 16.3. The van der Waals surface area contributed by atoms with Crippen LogP contribution in [0.25, 0.3) is 11.3 Å². The smallest absolute Gasteiger partial charge is 0.148 e. The average Bonchev–Trinajstić information content (AvgIpc) is 2.37. The zero-order valence-electron chi connectivity index (χ0n) is 10.6. The van der Waals surface area contributed by atoms with Crippen molar-refractivity contribution in [3.8, 4) is 11.3 Å². The number of hydrogen-bond acceptors (Lipinski definition) is 4. The molecule has 0 spiro atoms. The Bertz CT molecular complexity index is 554. The molecule has 2 aromatic rings. The van der Waals surface area contributed by atoms with Gasteiger partial charge < -0.3 is 10.8 Å². The van der Waals surface area contributed by atoms with E-state index in [0.29, 0.717) is 5.82 Å². The highest BCUT2D eigenvalue weighted by Crippen LogP contribution is 2.20. The number of nitrogens with two attached hydrogens (primary N) is 1. The van der Waals surface area contributed by atoms with Crippen molar-refractivity contribution in [2.45, 2.75) is 19.9 Å².